The second-order valence-electron chi connectivity index (χ2n) is 6.55. The number of carbonyl (C=O) groups is 1. The Balaban J connectivity index is 1.86. The van der Waals surface area contributed by atoms with E-state index in [2.05, 4.69) is 27.9 Å². The van der Waals surface area contributed by atoms with Gasteiger partial charge in [0.05, 0.1) is 12.6 Å². The highest BCUT2D eigenvalue weighted by atomic mass is 16.5. The van der Waals surface area contributed by atoms with E-state index in [1.54, 1.807) is 0 Å². The first-order chi connectivity index (χ1) is 12.1. The molecular weight excluding hydrogens is 316 g/mol. The quantitative estimate of drug-likeness (QED) is 0.524. The molecule has 1 heterocycles. The summed E-state index contributed by atoms with van der Waals surface area (Å²) < 4.78 is 5.63. The molecule has 1 saturated heterocycles. The smallest absolute Gasteiger partial charge is 0.226 e. The summed E-state index contributed by atoms with van der Waals surface area (Å²) in [6.07, 6.45) is 2.53. The average Bonchev–Trinajstić information content (AvgIpc) is 3.12. The van der Waals surface area contributed by atoms with Crippen LogP contribution in [0.3, 0.4) is 0 Å². The highest BCUT2D eigenvalue weighted by molar-refractivity contribution is 5.92. The van der Waals surface area contributed by atoms with E-state index in [0.29, 0.717) is 6.54 Å². The van der Waals surface area contributed by atoms with Crippen molar-refractivity contribution in [2.75, 3.05) is 25.0 Å². The molecule has 0 radical (unpaired) electrons. The van der Waals surface area contributed by atoms with Crippen LogP contribution >= 0.6 is 0 Å². The van der Waals surface area contributed by atoms with Gasteiger partial charge in [0, 0.05) is 31.3 Å². The normalized spacial score (nSPS) is 17.6. The first-order valence-corrected chi connectivity index (χ1v) is 9.12. The van der Waals surface area contributed by atoms with Gasteiger partial charge in [0.2, 0.25) is 5.91 Å². The summed E-state index contributed by atoms with van der Waals surface area (Å²) in [6.45, 7) is 8.85. The van der Waals surface area contributed by atoms with Crippen LogP contribution in [0.25, 0.3) is 0 Å². The van der Waals surface area contributed by atoms with Crippen molar-refractivity contribution < 1.29 is 9.53 Å². The van der Waals surface area contributed by atoms with E-state index in [9.17, 15) is 4.79 Å². The SMILES string of the molecule is CCNC(=NCc1ccc(NC(=O)C(C)C)cc1)NCC1CCCO1. The van der Waals surface area contributed by atoms with Gasteiger partial charge < -0.3 is 20.7 Å². The third-order valence-corrected chi connectivity index (χ3v) is 4.03. The minimum absolute atomic E-state index is 0.0260. The maximum Gasteiger partial charge on any atom is 0.226 e. The number of amides is 1. The second-order valence-corrected chi connectivity index (χ2v) is 6.55. The number of nitrogens with one attached hydrogen (secondary N) is 3. The van der Waals surface area contributed by atoms with Crippen LogP contribution in [0.1, 0.15) is 39.2 Å². The Kier molecular flexibility index (Phi) is 7.73. The molecule has 1 aliphatic heterocycles. The summed E-state index contributed by atoms with van der Waals surface area (Å²) >= 11 is 0. The van der Waals surface area contributed by atoms with Gasteiger partial charge in [0.15, 0.2) is 5.96 Å². The van der Waals surface area contributed by atoms with Crippen molar-refractivity contribution in [1.29, 1.82) is 0 Å². The fourth-order valence-electron chi connectivity index (χ4n) is 2.51. The molecule has 0 aromatic heterocycles. The van der Waals surface area contributed by atoms with Crippen molar-refractivity contribution in [3.05, 3.63) is 29.8 Å². The molecule has 1 atom stereocenters. The van der Waals surface area contributed by atoms with Gasteiger partial charge >= 0.3 is 0 Å². The fourth-order valence-corrected chi connectivity index (χ4v) is 2.51. The van der Waals surface area contributed by atoms with E-state index in [1.165, 1.54) is 0 Å². The molecule has 25 heavy (non-hydrogen) atoms. The van der Waals surface area contributed by atoms with Crippen molar-refractivity contribution in [2.45, 2.75) is 46.3 Å². The average molecular weight is 346 g/mol. The number of hydrogen-bond donors (Lipinski definition) is 3. The molecule has 1 aromatic carbocycles. The molecule has 0 spiro atoms. The summed E-state index contributed by atoms with van der Waals surface area (Å²) in [5.41, 5.74) is 1.91. The van der Waals surface area contributed by atoms with E-state index in [0.717, 1.165) is 49.7 Å². The van der Waals surface area contributed by atoms with Gasteiger partial charge in [-0.25, -0.2) is 4.99 Å². The van der Waals surface area contributed by atoms with Gasteiger partial charge in [0.1, 0.15) is 0 Å². The predicted octanol–water partition coefficient (Wildman–Crippen LogP) is 2.52. The van der Waals surface area contributed by atoms with Crippen LogP contribution in [-0.2, 0) is 16.1 Å². The Morgan fingerprint density at radius 2 is 2.04 bits per heavy atom. The van der Waals surface area contributed by atoms with Gasteiger partial charge in [-0.1, -0.05) is 26.0 Å². The van der Waals surface area contributed by atoms with Gasteiger partial charge in [0.25, 0.3) is 0 Å². The van der Waals surface area contributed by atoms with Crippen LogP contribution in [0, 0.1) is 5.92 Å². The van der Waals surface area contributed by atoms with E-state index in [4.69, 9.17) is 4.74 Å². The summed E-state index contributed by atoms with van der Waals surface area (Å²) in [4.78, 5) is 16.3. The Morgan fingerprint density at radius 1 is 1.28 bits per heavy atom. The van der Waals surface area contributed by atoms with Crippen LogP contribution in [0.15, 0.2) is 29.3 Å². The number of carbonyl (C=O) groups excluding carboxylic acids is 1. The highest BCUT2D eigenvalue weighted by Gasteiger charge is 2.15. The number of hydrogen-bond acceptors (Lipinski definition) is 3. The predicted molar refractivity (Wildman–Crippen MR) is 102 cm³/mol. The second kappa shape index (κ2) is 10.0. The topological polar surface area (TPSA) is 74.8 Å². The number of guanidine groups is 1. The Labute approximate surface area is 150 Å². The van der Waals surface area contributed by atoms with Gasteiger partial charge in [-0.05, 0) is 37.5 Å². The molecule has 2 rings (SSSR count). The third-order valence-electron chi connectivity index (χ3n) is 4.03. The van der Waals surface area contributed by atoms with Crippen molar-refractivity contribution in [3.8, 4) is 0 Å². The van der Waals surface area contributed by atoms with E-state index >= 15 is 0 Å². The zero-order valence-electron chi connectivity index (χ0n) is 15.5. The molecule has 1 amide bonds. The van der Waals surface area contributed by atoms with Crippen LogP contribution in [-0.4, -0.2) is 37.7 Å². The van der Waals surface area contributed by atoms with E-state index < -0.39 is 0 Å². The molecule has 1 aromatic rings. The third kappa shape index (κ3) is 6.74. The van der Waals surface area contributed by atoms with Crippen LogP contribution < -0.4 is 16.0 Å². The zero-order valence-corrected chi connectivity index (χ0v) is 15.5. The number of nitrogens with zero attached hydrogens (tertiary/aromatic N) is 1. The van der Waals surface area contributed by atoms with Crippen LogP contribution in [0.4, 0.5) is 5.69 Å². The van der Waals surface area contributed by atoms with E-state index in [1.807, 2.05) is 38.1 Å². The molecule has 6 nitrogen and oxygen atoms in total. The lowest BCUT2D eigenvalue weighted by molar-refractivity contribution is -0.118. The summed E-state index contributed by atoms with van der Waals surface area (Å²) in [5, 5.41) is 9.48. The molecule has 3 N–H and O–H groups in total. The minimum Gasteiger partial charge on any atom is -0.376 e. The summed E-state index contributed by atoms with van der Waals surface area (Å²) in [5.74, 6) is 0.801. The monoisotopic (exact) mass is 346 g/mol. The molecule has 0 bridgehead atoms. The summed E-state index contributed by atoms with van der Waals surface area (Å²) in [6, 6.07) is 7.81. The molecule has 138 valence electrons. The lowest BCUT2D eigenvalue weighted by Crippen LogP contribution is -2.41. The van der Waals surface area contributed by atoms with Gasteiger partial charge in [-0.15, -0.1) is 0 Å². The highest BCUT2D eigenvalue weighted by Crippen LogP contribution is 2.12. The Bertz CT molecular complexity index is 563. The number of anilines is 1. The molecule has 1 fully saturated rings. The van der Waals surface area contributed by atoms with Crippen molar-refractivity contribution in [2.24, 2.45) is 10.9 Å². The van der Waals surface area contributed by atoms with Crippen molar-refractivity contribution in [1.82, 2.24) is 10.6 Å². The van der Waals surface area contributed by atoms with Gasteiger partial charge in [-0.2, -0.15) is 0 Å². The lowest BCUT2D eigenvalue weighted by atomic mass is 10.2. The Hall–Kier alpha value is -2.08. The number of rotatable bonds is 7. The molecule has 0 aliphatic carbocycles. The maximum absolute atomic E-state index is 11.7. The van der Waals surface area contributed by atoms with E-state index in [-0.39, 0.29) is 17.9 Å². The largest absolute Gasteiger partial charge is 0.376 e. The molecular formula is C19H30N4O2. The molecule has 6 heteroatoms. The maximum atomic E-state index is 11.7. The number of ether oxygens (including phenoxy) is 1. The number of benzene rings is 1. The van der Waals surface area contributed by atoms with Gasteiger partial charge in [-0.3, -0.25) is 4.79 Å². The number of aliphatic imine (C=N–C) groups is 1. The zero-order chi connectivity index (χ0) is 18.1. The lowest BCUT2D eigenvalue weighted by Gasteiger charge is -2.14. The summed E-state index contributed by atoms with van der Waals surface area (Å²) in [7, 11) is 0. The Morgan fingerprint density at radius 3 is 2.64 bits per heavy atom. The molecule has 1 unspecified atom stereocenters. The molecule has 1 aliphatic rings. The van der Waals surface area contributed by atoms with Crippen LogP contribution in [0.5, 0.6) is 0 Å². The first-order valence-electron chi connectivity index (χ1n) is 9.12. The van der Waals surface area contributed by atoms with Crippen molar-refractivity contribution >= 4 is 17.6 Å². The van der Waals surface area contributed by atoms with Crippen LogP contribution in [0.2, 0.25) is 0 Å². The first kappa shape index (κ1) is 19.2. The fraction of sp³-hybridized carbons (Fsp3) is 0.579. The minimum atomic E-state index is -0.0260. The van der Waals surface area contributed by atoms with Crippen molar-refractivity contribution in [3.63, 3.8) is 0 Å². The molecule has 0 saturated carbocycles. The standard InChI is InChI=1S/C19H30N4O2/c1-4-20-19(22-13-17-6-5-11-25-17)21-12-15-7-9-16(10-8-15)23-18(24)14(2)3/h7-10,14,17H,4-6,11-13H2,1-3H3,(H,23,24)(H2,20,21,22).